The fourth-order valence-corrected chi connectivity index (χ4v) is 4.32. The third-order valence-electron chi connectivity index (χ3n) is 5.51. The quantitative estimate of drug-likeness (QED) is 0.348. The summed E-state index contributed by atoms with van der Waals surface area (Å²) in [6.07, 6.45) is 4.70. The summed E-state index contributed by atoms with van der Waals surface area (Å²) in [5.41, 5.74) is 2.69. The van der Waals surface area contributed by atoms with Gasteiger partial charge in [0.1, 0.15) is 5.69 Å². The second-order valence-corrected chi connectivity index (χ2v) is 8.43. The van der Waals surface area contributed by atoms with Gasteiger partial charge in [-0.3, -0.25) is 5.32 Å². The van der Waals surface area contributed by atoms with Crippen molar-refractivity contribution in [1.82, 2.24) is 10.3 Å². The summed E-state index contributed by atoms with van der Waals surface area (Å²) in [5, 5.41) is 7.01. The van der Waals surface area contributed by atoms with Crippen LogP contribution in [0, 0.1) is 0 Å². The molecule has 0 bridgehead atoms. The Bertz CT molecular complexity index is 1110. The van der Waals surface area contributed by atoms with E-state index in [0.29, 0.717) is 24.2 Å². The smallest absolute Gasteiger partial charge is 0.411 e. The number of anilines is 1. The summed E-state index contributed by atoms with van der Waals surface area (Å²) in [5.74, 6) is -2.88. The predicted octanol–water partition coefficient (Wildman–Crippen LogP) is 3.41. The van der Waals surface area contributed by atoms with E-state index in [9.17, 15) is 14.4 Å². The first-order valence-corrected chi connectivity index (χ1v) is 10.9. The molecule has 0 fully saturated rings. The van der Waals surface area contributed by atoms with Crippen molar-refractivity contribution < 1.29 is 28.6 Å². The molecule has 1 spiro atoms. The highest BCUT2D eigenvalue weighted by Crippen LogP contribution is 2.44. The maximum absolute atomic E-state index is 12.3. The van der Waals surface area contributed by atoms with Crippen LogP contribution in [0.25, 0.3) is 10.9 Å². The molecule has 4 rings (SSSR count). The lowest BCUT2D eigenvalue weighted by Gasteiger charge is -2.38. The number of benzene rings is 1. The molecule has 174 valence electrons. The summed E-state index contributed by atoms with van der Waals surface area (Å²) >= 11 is 0. The van der Waals surface area contributed by atoms with Gasteiger partial charge in [-0.1, -0.05) is 19.9 Å². The van der Waals surface area contributed by atoms with Gasteiger partial charge in [0.25, 0.3) is 0 Å². The van der Waals surface area contributed by atoms with E-state index in [-0.39, 0.29) is 25.1 Å². The molecule has 0 radical (unpaired) electrons. The molecule has 2 aromatic rings. The number of carbonyl (C=O) groups is 3. The maximum Gasteiger partial charge on any atom is 0.411 e. The van der Waals surface area contributed by atoms with E-state index in [2.05, 4.69) is 22.2 Å². The Morgan fingerprint density at radius 1 is 1.30 bits per heavy atom. The maximum atomic E-state index is 12.3. The second kappa shape index (κ2) is 9.11. The topological polar surface area (TPSA) is 119 Å². The first-order valence-electron chi connectivity index (χ1n) is 10.9. The summed E-state index contributed by atoms with van der Waals surface area (Å²) in [6, 6.07) is 5.42. The molecule has 1 aliphatic carbocycles. The number of carbonyl (C=O) groups excluding carboxylic acids is 3. The first-order chi connectivity index (χ1) is 15.8. The summed E-state index contributed by atoms with van der Waals surface area (Å²) in [7, 11) is 0. The van der Waals surface area contributed by atoms with Gasteiger partial charge in [0.05, 0.1) is 6.61 Å². The third kappa shape index (κ3) is 4.78. The zero-order chi connectivity index (χ0) is 23.6. The van der Waals surface area contributed by atoms with E-state index in [1.54, 1.807) is 12.1 Å². The Hall–Kier alpha value is -3.59. The van der Waals surface area contributed by atoms with Crippen LogP contribution in [0.1, 0.15) is 37.9 Å². The van der Waals surface area contributed by atoms with E-state index in [0.717, 1.165) is 28.6 Å². The van der Waals surface area contributed by atoms with Gasteiger partial charge < -0.3 is 24.5 Å². The van der Waals surface area contributed by atoms with Crippen molar-refractivity contribution in [2.75, 3.05) is 11.9 Å². The van der Waals surface area contributed by atoms with Gasteiger partial charge in [0, 0.05) is 47.2 Å². The van der Waals surface area contributed by atoms with Crippen LogP contribution in [0.5, 0.6) is 0 Å². The SMILES string of the molecule is C=CCCOC(=O)Nc1ccc2[nH]c3c(c2c1)CC(NC(C)C)CC31OC(=O)C=CC(=O)O1. The van der Waals surface area contributed by atoms with Crippen LogP contribution >= 0.6 is 0 Å². The lowest BCUT2D eigenvalue weighted by molar-refractivity contribution is -0.234. The molecule has 9 nitrogen and oxygen atoms in total. The summed E-state index contributed by atoms with van der Waals surface area (Å²) in [6.45, 7) is 7.88. The molecule has 33 heavy (non-hydrogen) atoms. The van der Waals surface area contributed by atoms with E-state index >= 15 is 0 Å². The Balaban J connectivity index is 1.73. The van der Waals surface area contributed by atoms with E-state index in [4.69, 9.17) is 14.2 Å². The molecule has 0 saturated heterocycles. The van der Waals surface area contributed by atoms with Crippen LogP contribution in [-0.4, -0.2) is 41.7 Å². The number of aromatic amines is 1. The van der Waals surface area contributed by atoms with Crippen LogP contribution in [0.4, 0.5) is 10.5 Å². The molecule has 3 N–H and O–H groups in total. The first kappa shape index (κ1) is 22.6. The molecule has 1 unspecified atom stereocenters. The number of hydrogen-bond donors (Lipinski definition) is 3. The van der Waals surface area contributed by atoms with Crippen molar-refractivity contribution in [3.05, 3.63) is 54.3 Å². The van der Waals surface area contributed by atoms with Gasteiger partial charge in [-0.05, 0) is 36.6 Å². The number of nitrogens with one attached hydrogen (secondary N) is 3. The number of amides is 1. The largest absolute Gasteiger partial charge is 0.449 e. The molecule has 1 aromatic carbocycles. The van der Waals surface area contributed by atoms with Crippen LogP contribution in [-0.2, 0) is 36.0 Å². The van der Waals surface area contributed by atoms with Gasteiger partial charge in [0.15, 0.2) is 0 Å². The molecule has 0 saturated carbocycles. The average molecular weight is 453 g/mol. The van der Waals surface area contributed by atoms with Crippen molar-refractivity contribution in [3.8, 4) is 0 Å². The molecule has 1 amide bonds. The van der Waals surface area contributed by atoms with Gasteiger partial charge >= 0.3 is 23.8 Å². The molecule has 1 atom stereocenters. The van der Waals surface area contributed by atoms with Gasteiger partial charge in [0.2, 0.25) is 0 Å². The number of fused-ring (bicyclic) bond motifs is 4. The van der Waals surface area contributed by atoms with E-state index in [1.807, 2.05) is 26.0 Å². The Labute approximate surface area is 191 Å². The van der Waals surface area contributed by atoms with Crippen molar-refractivity contribution >= 4 is 34.6 Å². The standard InChI is InChI=1S/C24H27N3O6/c1-4-5-10-31-23(30)26-15-6-7-19-17(11-15)18-12-16(25-14(2)3)13-24(22(18)27-19)32-20(28)8-9-21(29)33-24/h4,6-9,11,14,16,25,27H,1,5,10,12-13H2,2-3H3,(H,26,30). The minimum absolute atomic E-state index is 0.115. The Kier molecular flexibility index (Phi) is 6.24. The Morgan fingerprint density at radius 3 is 2.70 bits per heavy atom. The molecular formula is C24H27N3O6. The minimum Gasteiger partial charge on any atom is -0.449 e. The number of ether oxygens (including phenoxy) is 3. The highest BCUT2D eigenvalue weighted by atomic mass is 16.7. The molecule has 1 aromatic heterocycles. The van der Waals surface area contributed by atoms with E-state index < -0.39 is 23.8 Å². The van der Waals surface area contributed by atoms with Gasteiger partial charge in [-0.15, -0.1) is 6.58 Å². The van der Waals surface area contributed by atoms with Gasteiger partial charge in [-0.25, -0.2) is 14.4 Å². The van der Waals surface area contributed by atoms with Crippen molar-refractivity contribution in [1.29, 1.82) is 0 Å². The highest BCUT2D eigenvalue weighted by molar-refractivity contribution is 5.95. The van der Waals surface area contributed by atoms with Gasteiger partial charge in [-0.2, -0.15) is 0 Å². The lowest BCUT2D eigenvalue weighted by Crippen LogP contribution is -2.49. The number of rotatable bonds is 6. The molecule has 2 heterocycles. The monoisotopic (exact) mass is 453 g/mol. The van der Waals surface area contributed by atoms with Crippen molar-refractivity contribution in [2.24, 2.45) is 0 Å². The Morgan fingerprint density at radius 2 is 2.03 bits per heavy atom. The fourth-order valence-electron chi connectivity index (χ4n) is 4.32. The molecule has 1 aliphatic heterocycles. The summed E-state index contributed by atoms with van der Waals surface area (Å²) in [4.78, 5) is 39.9. The zero-order valence-corrected chi connectivity index (χ0v) is 18.6. The third-order valence-corrected chi connectivity index (χ3v) is 5.51. The second-order valence-electron chi connectivity index (χ2n) is 8.43. The van der Waals surface area contributed by atoms with Crippen LogP contribution in [0.3, 0.4) is 0 Å². The molecule has 2 aliphatic rings. The number of aromatic nitrogens is 1. The number of H-pyrrole nitrogens is 1. The molecular weight excluding hydrogens is 426 g/mol. The average Bonchev–Trinajstić information content (AvgIpc) is 3.03. The van der Waals surface area contributed by atoms with Crippen LogP contribution in [0.2, 0.25) is 0 Å². The number of hydrogen-bond acceptors (Lipinski definition) is 7. The van der Waals surface area contributed by atoms with Crippen molar-refractivity contribution in [3.63, 3.8) is 0 Å². The van der Waals surface area contributed by atoms with E-state index in [1.165, 1.54) is 0 Å². The van der Waals surface area contributed by atoms with Crippen LogP contribution < -0.4 is 10.6 Å². The van der Waals surface area contributed by atoms with Crippen molar-refractivity contribution in [2.45, 2.75) is 51.0 Å². The zero-order valence-electron chi connectivity index (χ0n) is 18.6. The highest BCUT2D eigenvalue weighted by Gasteiger charge is 2.50. The fraction of sp³-hybridized carbons (Fsp3) is 0.375. The normalized spacial score (nSPS) is 19.1. The van der Waals surface area contributed by atoms with Crippen LogP contribution in [0.15, 0.2) is 43.0 Å². The lowest BCUT2D eigenvalue weighted by atomic mass is 9.86. The molecule has 9 heteroatoms. The number of esters is 2. The summed E-state index contributed by atoms with van der Waals surface area (Å²) < 4.78 is 16.5. The minimum atomic E-state index is -1.58. The predicted molar refractivity (Wildman–Crippen MR) is 121 cm³/mol.